The average Bonchev–Trinajstić information content (AvgIpc) is 3.58. The van der Waals surface area contributed by atoms with Gasteiger partial charge in [0.05, 0.1) is 25.4 Å². The Hall–Kier alpha value is -0.560. The molecule has 306 valence electrons. The molecule has 3 unspecified atom stereocenters. The lowest BCUT2D eigenvalue weighted by Gasteiger charge is -2.61. The van der Waals surface area contributed by atoms with Gasteiger partial charge in [0.25, 0.3) is 0 Å². The number of hydrogen-bond donors (Lipinski definition) is 9. The topological polar surface area (TPSA) is 228 Å². The smallest absolute Gasteiger partial charge is 0.187 e. The lowest BCUT2D eigenvalue weighted by molar-refractivity contribution is -0.373. The van der Waals surface area contributed by atoms with Crippen molar-refractivity contribution < 1.29 is 69.6 Å². The van der Waals surface area contributed by atoms with Crippen LogP contribution in [0.2, 0.25) is 0 Å². The van der Waals surface area contributed by atoms with E-state index in [0.29, 0.717) is 36.0 Å². The summed E-state index contributed by atoms with van der Waals surface area (Å²) in [7, 11) is 0. The Kier molecular flexibility index (Phi) is 11.7. The molecule has 22 atom stereocenters. The minimum Gasteiger partial charge on any atom is -0.396 e. The van der Waals surface area contributed by atoms with E-state index in [1.807, 2.05) is 6.92 Å². The molecule has 0 spiro atoms. The second kappa shape index (κ2) is 15.3. The Bertz CT molecular complexity index is 1260. The second-order valence-corrected chi connectivity index (χ2v) is 18.6. The zero-order valence-corrected chi connectivity index (χ0v) is 31.7. The molecular formula is C39H66O14. The maximum Gasteiger partial charge on any atom is 0.187 e. The van der Waals surface area contributed by atoms with Crippen LogP contribution < -0.4 is 0 Å². The summed E-state index contributed by atoms with van der Waals surface area (Å²) in [5.74, 6) is 1.39. The average molecular weight is 759 g/mol. The third-order valence-electron chi connectivity index (χ3n) is 15.9. The summed E-state index contributed by atoms with van der Waals surface area (Å²) in [5, 5.41) is 93.8. The standard InChI is InChI=1S/C39H66O14/c1-18(15-40)7-12-39(48)19(2)28-25(53-39)14-24-22-6-5-20-13-21(8-10-37(20,3)23(22)9-11-38(24,28)4)49-36-34(32(46)30(44)27(17-42)51-36)52-35-33(47)31(45)29(43)26(16-41)50-35/h18-36,40-48H,5-17H2,1-4H3/t18-,19?,20+,21+,22-,23+,24+,25?,26-,27-,28?,29-,30+,31+,32+,33-,34-,35+,36-,37+,38+,39-/m1/s1. The molecule has 4 aliphatic carbocycles. The zero-order chi connectivity index (χ0) is 38.2. The zero-order valence-electron chi connectivity index (χ0n) is 31.7. The SMILES string of the molecule is CC1C2C(C[C@H]3[C@@H]4CC[C@H]5C[C@@H](O[C@@H]6O[C@H](CO)[C@H](O)[C@H](O)[C@H]6O[C@@H]6O[C@H](CO)[C@@H](O)[C@H](O)[C@H]6O)CC[C@]5(C)[C@H]4CC[C@]23C)O[C@]1(O)CC[C@@H](C)CO. The van der Waals surface area contributed by atoms with Gasteiger partial charge in [-0.2, -0.15) is 0 Å². The van der Waals surface area contributed by atoms with Crippen molar-refractivity contribution in [3.8, 4) is 0 Å². The molecule has 14 heteroatoms. The Morgan fingerprint density at radius 1 is 0.736 bits per heavy atom. The van der Waals surface area contributed by atoms with Gasteiger partial charge in [-0.25, -0.2) is 0 Å². The van der Waals surface area contributed by atoms with Crippen LogP contribution >= 0.6 is 0 Å². The van der Waals surface area contributed by atoms with E-state index in [2.05, 4.69) is 20.8 Å². The van der Waals surface area contributed by atoms with E-state index in [9.17, 15) is 46.0 Å². The second-order valence-electron chi connectivity index (χ2n) is 18.6. The van der Waals surface area contributed by atoms with Crippen molar-refractivity contribution >= 4 is 0 Å². The number of ether oxygens (including phenoxy) is 5. The van der Waals surface area contributed by atoms with Gasteiger partial charge in [-0.15, -0.1) is 0 Å². The van der Waals surface area contributed by atoms with E-state index in [-0.39, 0.29) is 41.5 Å². The highest BCUT2D eigenvalue weighted by Crippen LogP contribution is 2.71. The van der Waals surface area contributed by atoms with E-state index in [4.69, 9.17) is 23.7 Å². The van der Waals surface area contributed by atoms with Gasteiger partial charge in [0.15, 0.2) is 18.4 Å². The molecule has 0 aromatic carbocycles. The van der Waals surface area contributed by atoms with E-state index >= 15 is 0 Å². The first-order valence-electron chi connectivity index (χ1n) is 20.3. The Labute approximate surface area is 312 Å². The molecule has 7 fully saturated rings. The maximum atomic E-state index is 11.7. The third-order valence-corrected chi connectivity index (χ3v) is 15.9. The van der Waals surface area contributed by atoms with Gasteiger partial charge >= 0.3 is 0 Å². The number of hydrogen-bond acceptors (Lipinski definition) is 14. The van der Waals surface area contributed by atoms with Crippen LogP contribution in [0.1, 0.15) is 91.9 Å². The molecule has 7 aliphatic rings. The lowest BCUT2D eigenvalue weighted by Crippen LogP contribution is -2.65. The van der Waals surface area contributed by atoms with Crippen molar-refractivity contribution in [2.24, 2.45) is 52.3 Å². The van der Waals surface area contributed by atoms with E-state index < -0.39 is 80.4 Å². The van der Waals surface area contributed by atoms with Gasteiger partial charge in [-0.3, -0.25) is 0 Å². The molecule has 9 N–H and O–H groups in total. The molecule has 0 aromatic heterocycles. The van der Waals surface area contributed by atoms with Crippen LogP contribution in [0.25, 0.3) is 0 Å². The fourth-order valence-corrected chi connectivity index (χ4v) is 12.7. The van der Waals surface area contributed by atoms with Crippen molar-refractivity contribution in [3.63, 3.8) is 0 Å². The van der Waals surface area contributed by atoms with Crippen LogP contribution in [0, 0.1) is 52.3 Å². The van der Waals surface area contributed by atoms with Gasteiger partial charge in [-0.1, -0.05) is 27.7 Å². The molecule has 0 radical (unpaired) electrons. The summed E-state index contributed by atoms with van der Waals surface area (Å²) in [5.41, 5.74) is 0.212. The first kappa shape index (κ1) is 40.6. The number of aliphatic hydroxyl groups excluding tert-OH is 8. The summed E-state index contributed by atoms with van der Waals surface area (Å²) >= 11 is 0. The van der Waals surface area contributed by atoms with Crippen LogP contribution in [0.3, 0.4) is 0 Å². The van der Waals surface area contributed by atoms with E-state index in [0.717, 1.165) is 57.8 Å². The van der Waals surface area contributed by atoms with Gasteiger partial charge in [0, 0.05) is 18.9 Å². The Morgan fingerprint density at radius 3 is 2.08 bits per heavy atom. The highest BCUT2D eigenvalue weighted by Gasteiger charge is 2.68. The van der Waals surface area contributed by atoms with Crippen molar-refractivity contribution in [2.45, 2.75) is 171 Å². The first-order valence-corrected chi connectivity index (χ1v) is 20.3. The van der Waals surface area contributed by atoms with E-state index in [1.165, 1.54) is 0 Å². The number of fused-ring (bicyclic) bond motifs is 7. The predicted octanol–water partition coefficient (Wildman–Crippen LogP) is 0.397. The van der Waals surface area contributed by atoms with Gasteiger partial charge in [-0.05, 0) is 104 Å². The minimum absolute atomic E-state index is 0.0324. The first-order chi connectivity index (χ1) is 25.1. The van der Waals surface area contributed by atoms with Crippen molar-refractivity contribution in [1.29, 1.82) is 0 Å². The monoisotopic (exact) mass is 758 g/mol. The van der Waals surface area contributed by atoms with Gasteiger partial charge in [0.1, 0.15) is 48.8 Å². The summed E-state index contributed by atoms with van der Waals surface area (Å²) in [6.45, 7) is 7.96. The normalized spacial score (nSPS) is 55.9. The maximum absolute atomic E-state index is 11.7. The van der Waals surface area contributed by atoms with Crippen molar-refractivity contribution in [3.05, 3.63) is 0 Å². The van der Waals surface area contributed by atoms with Crippen LogP contribution in [0.4, 0.5) is 0 Å². The van der Waals surface area contributed by atoms with Crippen LogP contribution in [0.5, 0.6) is 0 Å². The molecule has 3 heterocycles. The molecule has 3 saturated heterocycles. The minimum atomic E-state index is -1.72. The van der Waals surface area contributed by atoms with Gasteiger partial charge in [0.2, 0.25) is 0 Å². The van der Waals surface area contributed by atoms with Crippen LogP contribution in [-0.2, 0) is 23.7 Å². The highest BCUT2D eigenvalue weighted by molar-refractivity contribution is 5.15. The molecule has 3 aliphatic heterocycles. The molecule has 14 nitrogen and oxygen atoms in total. The molecule has 0 amide bonds. The molecule has 7 rings (SSSR count). The third kappa shape index (κ3) is 6.85. The molecule has 0 aromatic rings. The Morgan fingerprint density at radius 2 is 1.40 bits per heavy atom. The molecule has 0 bridgehead atoms. The highest BCUT2D eigenvalue weighted by atomic mass is 16.8. The van der Waals surface area contributed by atoms with Crippen molar-refractivity contribution in [2.75, 3.05) is 19.8 Å². The number of rotatable bonds is 10. The molecular weight excluding hydrogens is 692 g/mol. The van der Waals surface area contributed by atoms with Gasteiger partial charge < -0.3 is 69.6 Å². The summed E-state index contributed by atoms with van der Waals surface area (Å²) in [4.78, 5) is 0. The lowest BCUT2D eigenvalue weighted by atomic mass is 9.44. The quantitative estimate of drug-likeness (QED) is 0.138. The Balaban J connectivity index is 1.02. The van der Waals surface area contributed by atoms with Crippen LogP contribution in [-0.4, -0.2) is 145 Å². The fourth-order valence-electron chi connectivity index (χ4n) is 12.7. The molecule has 53 heavy (non-hydrogen) atoms. The summed E-state index contributed by atoms with van der Waals surface area (Å²) in [6.07, 6.45) is -5.84. The summed E-state index contributed by atoms with van der Waals surface area (Å²) in [6, 6.07) is 0. The number of aliphatic hydroxyl groups is 9. The molecule has 4 saturated carbocycles. The van der Waals surface area contributed by atoms with E-state index in [1.54, 1.807) is 0 Å². The predicted molar refractivity (Wildman–Crippen MR) is 186 cm³/mol. The fraction of sp³-hybridized carbons (Fsp3) is 1.00. The summed E-state index contributed by atoms with van der Waals surface area (Å²) < 4.78 is 30.5. The van der Waals surface area contributed by atoms with Crippen LogP contribution in [0.15, 0.2) is 0 Å². The van der Waals surface area contributed by atoms with Crippen molar-refractivity contribution in [1.82, 2.24) is 0 Å². The largest absolute Gasteiger partial charge is 0.396 e.